The number of morpholine rings is 1. The maximum Gasteiger partial charge on any atom is 0.0786 e. The van der Waals surface area contributed by atoms with Gasteiger partial charge in [0.25, 0.3) is 0 Å². The Morgan fingerprint density at radius 2 is 1.88 bits per heavy atom. The van der Waals surface area contributed by atoms with Crippen LogP contribution >= 0.6 is 0 Å². The number of ether oxygens (including phenoxy) is 1. The summed E-state index contributed by atoms with van der Waals surface area (Å²) in [5.74, 6) is 0.524. The second-order valence-corrected chi connectivity index (χ2v) is 5.26. The average molecular weight is 239 g/mol. The maximum absolute atomic E-state index is 9.23. The normalized spacial score (nSPS) is 40.9. The summed E-state index contributed by atoms with van der Waals surface area (Å²) in [7, 11) is 0. The summed E-state index contributed by atoms with van der Waals surface area (Å²) in [5.41, 5.74) is 1.02. The van der Waals surface area contributed by atoms with Gasteiger partial charge in [-0.1, -0.05) is 5.16 Å². The Hall–Kier alpha value is -0.650. The molecule has 1 unspecified atom stereocenters. The van der Waals surface area contributed by atoms with Crippen LogP contribution in [0.5, 0.6) is 0 Å². The minimum atomic E-state index is 0.339. The van der Waals surface area contributed by atoms with E-state index in [1.165, 1.54) is 25.9 Å². The third-order valence-electron chi connectivity index (χ3n) is 4.38. The van der Waals surface area contributed by atoms with Gasteiger partial charge < -0.3 is 9.94 Å². The van der Waals surface area contributed by atoms with Crippen LogP contribution in [0.15, 0.2) is 5.16 Å². The van der Waals surface area contributed by atoms with Crippen LogP contribution in [0.25, 0.3) is 0 Å². The Morgan fingerprint density at radius 1 is 1.18 bits per heavy atom. The van der Waals surface area contributed by atoms with E-state index in [1.54, 1.807) is 0 Å². The minimum absolute atomic E-state index is 0.339. The quantitative estimate of drug-likeness (QED) is 0.554. The van der Waals surface area contributed by atoms with E-state index in [0.29, 0.717) is 12.0 Å². The number of fused-ring (bicyclic) bond motifs is 3. The molecule has 5 heteroatoms. The van der Waals surface area contributed by atoms with E-state index in [0.717, 1.165) is 38.6 Å². The molecule has 0 amide bonds. The van der Waals surface area contributed by atoms with Crippen molar-refractivity contribution in [1.29, 1.82) is 0 Å². The molecule has 0 aromatic heterocycles. The molecule has 4 saturated heterocycles. The smallest absolute Gasteiger partial charge is 0.0786 e. The van der Waals surface area contributed by atoms with Crippen molar-refractivity contribution in [2.45, 2.75) is 18.9 Å². The van der Waals surface area contributed by atoms with E-state index >= 15 is 0 Å². The predicted octanol–water partition coefficient (Wildman–Crippen LogP) is 0.243. The molecule has 0 aliphatic carbocycles. The monoisotopic (exact) mass is 239 g/mol. The number of hydrogen-bond donors (Lipinski definition) is 1. The highest BCUT2D eigenvalue weighted by atomic mass is 16.5. The van der Waals surface area contributed by atoms with Crippen molar-refractivity contribution in [2.24, 2.45) is 11.1 Å². The zero-order valence-electron chi connectivity index (χ0n) is 10.2. The van der Waals surface area contributed by atoms with Crippen molar-refractivity contribution in [3.63, 3.8) is 0 Å². The third kappa shape index (κ3) is 2.19. The van der Waals surface area contributed by atoms with Gasteiger partial charge in [-0.15, -0.1) is 0 Å². The van der Waals surface area contributed by atoms with E-state index < -0.39 is 0 Å². The second-order valence-electron chi connectivity index (χ2n) is 5.26. The van der Waals surface area contributed by atoms with Crippen molar-refractivity contribution >= 4 is 5.71 Å². The summed E-state index contributed by atoms with van der Waals surface area (Å²) < 4.78 is 5.37. The van der Waals surface area contributed by atoms with Crippen LogP contribution < -0.4 is 0 Å². The van der Waals surface area contributed by atoms with Gasteiger partial charge in [0.2, 0.25) is 0 Å². The lowest BCUT2D eigenvalue weighted by molar-refractivity contribution is 0.0217. The molecule has 2 bridgehead atoms. The molecule has 96 valence electrons. The first-order valence-corrected chi connectivity index (χ1v) is 6.64. The summed E-state index contributed by atoms with van der Waals surface area (Å²) in [5, 5.41) is 12.8. The second kappa shape index (κ2) is 4.92. The molecule has 0 aromatic carbocycles. The standard InChI is InChI=1S/C12H21N3O2/c16-13-12-10-1-3-15(4-2-10)11(12)9-14-5-7-17-8-6-14/h10-11,16H,1-9H2. The molecule has 0 radical (unpaired) electrons. The highest BCUT2D eigenvalue weighted by Crippen LogP contribution is 2.30. The first-order valence-electron chi connectivity index (χ1n) is 6.64. The average Bonchev–Trinajstić information content (AvgIpc) is 2.41. The molecule has 5 nitrogen and oxygen atoms in total. The Labute approximate surface area is 102 Å². The van der Waals surface area contributed by atoms with Crippen LogP contribution in [0.4, 0.5) is 0 Å². The zero-order chi connectivity index (χ0) is 11.7. The molecule has 4 aliphatic heterocycles. The van der Waals surface area contributed by atoms with E-state index in [-0.39, 0.29) is 0 Å². The van der Waals surface area contributed by atoms with Crippen LogP contribution in [-0.4, -0.2) is 72.7 Å². The molecular weight excluding hydrogens is 218 g/mol. The van der Waals surface area contributed by atoms with Gasteiger partial charge in [0.15, 0.2) is 0 Å². The Bertz CT molecular complexity index is 294. The lowest BCUT2D eigenvalue weighted by Gasteiger charge is -2.47. The van der Waals surface area contributed by atoms with Gasteiger partial charge in [-0.25, -0.2) is 0 Å². The fraction of sp³-hybridized carbons (Fsp3) is 0.917. The Morgan fingerprint density at radius 3 is 2.53 bits per heavy atom. The summed E-state index contributed by atoms with van der Waals surface area (Å²) >= 11 is 0. The molecule has 4 fully saturated rings. The number of piperidine rings is 3. The van der Waals surface area contributed by atoms with Crippen molar-refractivity contribution in [2.75, 3.05) is 45.9 Å². The molecule has 4 rings (SSSR count). The largest absolute Gasteiger partial charge is 0.411 e. The van der Waals surface area contributed by atoms with Gasteiger partial charge in [-0.3, -0.25) is 9.80 Å². The molecule has 0 spiro atoms. The van der Waals surface area contributed by atoms with Crippen molar-refractivity contribution in [1.82, 2.24) is 9.80 Å². The molecule has 0 saturated carbocycles. The Kier molecular flexibility index (Phi) is 3.31. The highest BCUT2D eigenvalue weighted by Gasteiger charge is 2.40. The van der Waals surface area contributed by atoms with Gasteiger partial charge in [-0.2, -0.15) is 0 Å². The molecule has 17 heavy (non-hydrogen) atoms. The fourth-order valence-electron chi connectivity index (χ4n) is 3.35. The van der Waals surface area contributed by atoms with Crippen molar-refractivity contribution in [3.05, 3.63) is 0 Å². The lowest BCUT2D eigenvalue weighted by atomic mass is 9.81. The van der Waals surface area contributed by atoms with Crippen LogP contribution in [0.3, 0.4) is 0 Å². The van der Waals surface area contributed by atoms with Crippen LogP contribution in [-0.2, 0) is 4.74 Å². The topological polar surface area (TPSA) is 48.3 Å². The zero-order valence-corrected chi connectivity index (χ0v) is 10.2. The van der Waals surface area contributed by atoms with E-state index in [4.69, 9.17) is 4.74 Å². The van der Waals surface area contributed by atoms with Gasteiger partial charge in [0.1, 0.15) is 0 Å². The molecule has 1 N–H and O–H groups in total. The van der Waals surface area contributed by atoms with E-state index in [9.17, 15) is 5.21 Å². The van der Waals surface area contributed by atoms with Crippen LogP contribution in [0, 0.1) is 5.92 Å². The first-order chi connectivity index (χ1) is 8.38. The number of oxime groups is 1. The van der Waals surface area contributed by atoms with Gasteiger partial charge in [0, 0.05) is 25.6 Å². The van der Waals surface area contributed by atoms with E-state index in [2.05, 4.69) is 15.0 Å². The summed E-state index contributed by atoms with van der Waals surface area (Å²) in [6, 6.07) is 0.339. The summed E-state index contributed by atoms with van der Waals surface area (Å²) in [4.78, 5) is 4.91. The van der Waals surface area contributed by atoms with Gasteiger partial charge in [-0.05, 0) is 25.9 Å². The highest BCUT2D eigenvalue weighted by molar-refractivity contribution is 5.92. The fourth-order valence-corrected chi connectivity index (χ4v) is 3.35. The van der Waals surface area contributed by atoms with Crippen LogP contribution in [0.2, 0.25) is 0 Å². The van der Waals surface area contributed by atoms with Gasteiger partial charge in [0.05, 0.1) is 25.0 Å². The SMILES string of the molecule is ON=C1C2CCN(CC2)C1CN1CCOCC1. The lowest BCUT2D eigenvalue weighted by Crippen LogP contribution is -2.60. The Balaban J connectivity index is 1.68. The number of rotatable bonds is 2. The van der Waals surface area contributed by atoms with Crippen LogP contribution in [0.1, 0.15) is 12.8 Å². The summed E-state index contributed by atoms with van der Waals surface area (Å²) in [6.45, 7) is 7.02. The van der Waals surface area contributed by atoms with E-state index in [1.807, 2.05) is 0 Å². The molecule has 0 aromatic rings. The van der Waals surface area contributed by atoms with Gasteiger partial charge >= 0.3 is 0 Å². The summed E-state index contributed by atoms with van der Waals surface area (Å²) in [6.07, 6.45) is 2.33. The molecule has 1 atom stereocenters. The van der Waals surface area contributed by atoms with Crippen molar-refractivity contribution < 1.29 is 9.94 Å². The maximum atomic E-state index is 9.23. The third-order valence-corrected chi connectivity index (χ3v) is 4.38. The molecular formula is C12H21N3O2. The number of hydrogen-bond acceptors (Lipinski definition) is 5. The van der Waals surface area contributed by atoms with Crippen molar-refractivity contribution in [3.8, 4) is 0 Å². The molecule has 4 aliphatic rings. The number of nitrogens with zero attached hydrogens (tertiary/aromatic N) is 3. The first kappa shape index (κ1) is 11.4. The predicted molar refractivity (Wildman–Crippen MR) is 64.6 cm³/mol. The molecule has 4 heterocycles. The minimum Gasteiger partial charge on any atom is -0.411 e.